The zero-order valence-electron chi connectivity index (χ0n) is 15.2. The number of carbonyl (C=O) groups excluding carboxylic acids is 1. The molecule has 2 heterocycles. The highest BCUT2D eigenvalue weighted by Gasteiger charge is 2.23. The molecule has 1 atom stereocenters. The van der Waals surface area contributed by atoms with E-state index in [0.29, 0.717) is 22.4 Å². The second-order valence-electron chi connectivity index (χ2n) is 6.84. The number of thiophene rings is 1. The van der Waals surface area contributed by atoms with E-state index in [1.165, 1.54) is 22.2 Å². The van der Waals surface area contributed by atoms with Crippen molar-refractivity contribution in [3.05, 3.63) is 50.6 Å². The molecule has 3 aromatic rings. The first-order valence-corrected chi connectivity index (χ1v) is 10.7. The Morgan fingerprint density at radius 3 is 2.89 bits per heavy atom. The third-order valence-corrected chi connectivity index (χ3v) is 6.92. The van der Waals surface area contributed by atoms with Crippen molar-refractivity contribution in [2.45, 2.75) is 31.3 Å². The van der Waals surface area contributed by atoms with Crippen LogP contribution in [0.15, 0.2) is 34.2 Å². The predicted octanol–water partition coefficient (Wildman–Crippen LogP) is 4.09. The van der Waals surface area contributed by atoms with Gasteiger partial charge in [0.25, 0.3) is 5.56 Å². The van der Waals surface area contributed by atoms with Crippen LogP contribution in [0.2, 0.25) is 0 Å². The fraction of sp³-hybridized carbons (Fsp3) is 0.350. The molecular formula is C20H20N2O3S2. The molecule has 0 radical (unpaired) electrons. The smallest absolute Gasteiger partial charge is 0.260 e. The van der Waals surface area contributed by atoms with Gasteiger partial charge in [0.05, 0.1) is 18.2 Å². The number of thioether (sulfide) groups is 1. The summed E-state index contributed by atoms with van der Waals surface area (Å²) >= 11 is 2.89. The number of fused-ring (bicyclic) bond motifs is 3. The number of nitrogens with zero attached hydrogens (tertiary/aromatic N) is 1. The van der Waals surface area contributed by atoms with E-state index in [1.54, 1.807) is 42.7 Å². The monoisotopic (exact) mass is 400 g/mol. The first-order chi connectivity index (χ1) is 13.0. The van der Waals surface area contributed by atoms with E-state index >= 15 is 0 Å². The van der Waals surface area contributed by atoms with Crippen LogP contribution in [0, 0.1) is 5.92 Å². The van der Waals surface area contributed by atoms with Crippen LogP contribution in [0.3, 0.4) is 0 Å². The Hall–Kier alpha value is -2.12. The van der Waals surface area contributed by atoms with Crippen molar-refractivity contribution in [2.24, 2.45) is 5.92 Å². The van der Waals surface area contributed by atoms with Gasteiger partial charge >= 0.3 is 0 Å². The molecule has 0 bridgehead atoms. The van der Waals surface area contributed by atoms with Crippen molar-refractivity contribution in [3.63, 3.8) is 0 Å². The van der Waals surface area contributed by atoms with Gasteiger partial charge in [-0.1, -0.05) is 18.7 Å². The Bertz CT molecular complexity index is 1050. The lowest BCUT2D eigenvalue weighted by Crippen LogP contribution is -2.13. The van der Waals surface area contributed by atoms with Crippen LogP contribution in [0.4, 0.5) is 0 Å². The van der Waals surface area contributed by atoms with E-state index < -0.39 is 0 Å². The van der Waals surface area contributed by atoms with Crippen molar-refractivity contribution in [2.75, 3.05) is 12.9 Å². The van der Waals surface area contributed by atoms with Crippen LogP contribution in [-0.2, 0) is 12.8 Å². The normalized spacial score (nSPS) is 16.3. The van der Waals surface area contributed by atoms with E-state index in [2.05, 4.69) is 16.9 Å². The second-order valence-corrected chi connectivity index (χ2v) is 8.89. The summed E-state index contributed by atoms with van der Waals surface area (Å²) in [5, 5.41) is 1.24. The van der Waals surface area contributed by atoms with Crippen LogP contribution in [0.25, 0.3) is 10.2 Å². The number of rotatable bonds is 5. The first kappa shape index (κ1) is 18.3. The SMILES string of the molecule is COc1ccc(C(=O)CSc2nc3sc4c(c3c(=O)[nH]2)CCC(C)C4)cc1. The van der Waals surface area contributed by atoms with E-state index in [9.17, 15) is 9.59 Å². The molecule has 0 fully saturated rings. The van der Waals surface area contributed by atoms with Gasteiger partial charge in [0.2, 0.25) is 0 Å². The standard InChI is InChI=1S/C20H20N2O3S2/c1-11-3-8-14-16(9-11)27-19-17(14)18(24)21-20(22-19)26-10-15(23)12-4-6-13(25-2)7-5-12/h4-7,11H,3,8-10H2,1-2H3,(H,21,22,24). The lowest BCUT2D eigenvalue weighted by Gasteiger charge is -2.17. The van der Waals surface area contributed by atoms with E-state index in [4.69, 9.17) is 4.74 Å². The maximum Gasteiger partial charge on any atom is 0.260 e. The average Bonchev–Trinajstić information content (AvgIpc) is 3.03. The Morgan fingerprint density at radius 1 is 1.37 bits per heavy atom. The average molecular weight is 401 g/mol. The van der Waals surface area contributed by atoms with Gasteiger partial charge < -0.3 is 9.72 Å². The molecule has 0 amide bonds. The quantitative estimate of drug-likeness (QED) is 0.397. The molecule has 7 heteroatoms. The van der Waals surface area contributed by atoms with Gasteiger partial charge in [0.1, 0.15) is 10.6 Å². The fourth-order valence-electron chi connectivity index (χ4n) is 3.39. The molecule has 0 saturated heterocycles. The first-order valence-electron chi connectivity index (χ1n) is 8.89. The van der Waals surface area contributed by atoms with E-state index in [1.807, 2.05) is 0 Å². The molecule has 140 valence electrons. The van der Waals surface area contributed by atoms with Crippen molar-refractivity contribution >= 4 is 39.1 Å². The zero-order valence-corrected chi connectivity index (χ0v) is 16.8. The molecule has 27 heavy (non-hydrogen) atoms. The number of carbonyl (C=O) groups is 1. The number of aromatic nitrogens is 2. The molecule has 4 rings (SSSR count). The van der Waals surface area contributed by atoms with Gasteiger partial charge in [-0.3, -0.25) is 9.59 Å². The van der Waals surface area contributed by atoms with Crippen LogP contribution in [0.5, 0.6) is 5.75 Å². The maximum absolute atomic E-state index is 12.6. The molecule has 1 unspecified atom stereocenters. The summed E-state index contributed by atoms with van der Waals surface area (Å²) in [4.78, 5) is 34.5. The number of ether oxygens (including phenoxy) is 1. The van der Waals surface area contributed by atoms with Gasteiger partial charge in [-0.05, 0) is 55.0 Å². The minimum Gasteiger partial charge on any atom is -0.497 e. The molecule has 2 aromatic heterocycles. The number of benzene rings is 1. The Kier molecular flexibility index (Phi) is 5.06. The molecule has 1 N–H and O–H groups in total. The number of methoxy groups -OCH3 is 1. The molecular weight excluding hydrogens is 380 g/mol. The Balaban J connectivity index is 1.54. The van der Waals surface area contributed by atoms with Crippen molar-refractivity contribution < 1.29 is 9.53 Å². The summed E-state index contributed by atoms with van der Waals surface area (Å²) < 4.78 is 5.11. The second kappa shape index (κ2) is 7.48. The largest absolute Gasteiger partial charge is 0.497 e. The molecule has 0 aliphatic heterocycles. The number of aryl methyl sites for hydroxylation is 1. The molecule has 0 spiro atoms. The highest BCUT2D eigenvalue weighted by atomic mass is 32.2. The van der Waals surface area contributed by atoms with Gasteiger partial charge in [-0.15, -0.1) is 11.3 Å². The maximum atomic E-state index is 12.6. The lowest BCUT2D eigenvalue weighted by molar-refractivity contribution is 0.102. The highest BCUT2D eigenvalue weighted by molar-refractivity contribution is 7.99. The fourth-order valence-corrected chi connectivity index (χ4v) is 5.59. The van der Waals surface area contributed by atoms with Crippen LogP contribution in [-0.4, -0.2) is 28.6 Å². The third-order valence-electron chi connectivity index (χ3n) is 4.90. The van der Waals surface area contributed by atoms with Gasteiger partial charge in [0, 0.05) is 10.4 Å². The summed E-state index contributed by atoms with van der Waals surface area (Å²) in [6, 6.07) is 7.02. The van der Waals surface area contributed by atoms with Gasteiger partial charge in [-0.2, -0.15) is 0 Å². The number of Topliss-reactive ketones (excluding diaryl/α,β-unsaturated/α-hetero) is 1. The van der Waals surface area contributed by atoms with Crippen molar-refractivity contribution in [1.29, 1.82) is 0 Å². The number of nitrogens with one attached hydrogen (secondary N) is 1. The summed E-state index contributed by atoms with van der Waals surface area (Å²) in [7, 11) is 1.59. The number of aromatic amines is 1. The summed E-state index contributed by atoms with van der Waals surface area (Å²) in [6.45, 7) is 2.25. The van der Waals surface area contributed by atoms with Gasteiger partial charge in [-0.25, -0.2) is 4.98 Å². The summed E-state index contributed by atoms with van der Waals surface area (Å²) in [5.74, 6) is 1.58. The number of ketones is 1. The van der Waals surface area contributed by atoms with Crippen LogP contribution < -0.4 is 10.3 Å². The Morgan fingerprint density at radius 2 is 2.15 bits per heavy atom. The highest BCUT2D eigenvalue weighted by Crippen LogP contribution is 2.36. The van der Waals surface area contributed by atoms with E-state index in [-0.39, 0.29) is 17.1 Å². The molecule has 1 aliphatic carbocycles. The lowest BCUT2D eigenvalue weighted by atomic mass is 9.89. The van der Waals surface area contributed by atoms with Crippen molar-refractivity contribution in [3.8, 4) is 5.75 Å². The number of hydrogen-bond donors (Lipinski definition) is 1. The zero-order chi connectivity index (χ0) is 19.0. The Labute approximate surface area is 165 Å². The molecule has 0 saturated carbocycles. The summed E-state index contributed by atoms with van der Waals surface area (Å²) in [5.41, 5.74) is 1.70. The van der Waals surface area contributed by atoms with E-state index in [0.717, 1.165) is 29.5 Å². The minimum absolute atomic E-state index is 0.00954. The van der Waals surface area contributed by atoms with Crippen molar-refractivity contribution in [1.82, 2.24) is 9.97 Å². The van der Waals surface area contributed by atoms with Gasteiger partial charge in [0.15, 0.2) is 10.9 Å². The topological polar surface area (TPSA) is 72.0 Å². The molecule has 1 aliphatic rings. The summed E-state index contributed by atoms with van der Waals surface area (Å²) in [6.07, 6.45) is 3.09. The minimum atomic E-state index is -0.0913. The van der Waals surface area contributed by atoms with Crippen LogP contribution in [0.1, 0.15) is 34.1 Å². The number of hydrogen-bond acceptors (Lipinski definition) is 6. The molecule has 5 nitrogen and oxygen atoms in total. The predicted molar refractivity (Wildman–Crippen MR) is 109 cm³/mol. The number of H-pyrrole nitrogens is 1. The molecule has 1 aromatic carbocycles. The third kappa shape index (κ3) is 3.66. The van der Waals surface area contributed by atoms with Crippen LogP contribution >= 0.6 is 23.1 Å².